The molecule has 0 amide bonds. The molecule has 0 saturated carbocycles. The van der Waals surface area contributed by atoms with Gasteiger partial charge in [-0.3, -0.25) is 0 Å². The Labute approximate surface area is 122 Å². The average molecular weight is 315 g/mol. The zero-order valence-electron chi connectivity index (χ0n) is 11.1. The number of imidazole rings is 1. The number of sulfonamides is 1. The monoisotopic (exact) mass is 314 g/mol. The minimum Gasteiger partial charge on any atom is -0.398 e. The predicted octanol–water partition coefficient (Wildman–Crippen LogP) is 1.77. The molecule has 0 fully saturated rings. The largest absolute Gasteiger partial charge is 0.398 e. The number of halogens is 1. The Morgan fingerprint density at radius 2 is 2.15 bits per heavy atom. The van der Waals surface area contributed by atoms with Gasteiger partial charge >= 0.3 is 0 Å². The number of H-pyrrole nitrogens is 1. The van der Waals surface area contributed by atoms with Gasteiger partial charge in [0.25, 0.3) is 0 Å². The highest BCUT2D eigenvalue weighted by Gasteiger charge is 2.23. The van der Waals surface area contributed by atoms with E-state index in [2.05, 4.69) is 9.97 Å². The Hall–Kier alpha value is -1.57. The summed E-state index contributed by atoms with van der Waals surface area (Å²) >= 11 is 5.99. The molecule has 0 bridgehead atoms. The smallest absolute Gasteiger partial charge is 0.243 e. The minimum atomic E-state index is -3.67. The second-order valence-electron chi connectivity index (χ2n) is 4.42. The third kappa shape index (κ3) is 2.79. The molecule has 0 aliphatic rings. The van der Waals surface area contributed by atoms with E-state index in [1.165, 1.54) is 23.5 Å². The molecule has 2 aromatic rings. The van der Waals surface area contributed by atoms with Crippen molar-refractivity contribution in [3.63, 3.8) is 0 Å². The van der Waals surface area contributed by atoms with E-state index in [0.29, 0.717) is 22.1 Å². The van der Waals surface area contributed by atoms with Crippen LogP contribution >= 0.6 is 11.6 Å². The van der Waals surface area contributed by atoms with Gasteiger partial charge in [-0.05, 0) is 24.6 Å². The maximum Gasteiger partial charge on any atom is 0.243 e. The van der Waals surface area contributed by atoms with E-state index in [9.17, 15) is 8.42 Å². The zero-order chi connectivity index (χ0) is 14.9. The Bertz CT molecular complexity index is 690. The molecule has 0 atom stereocenters. The number of aromatic nitrogens is 2. The Morgan fingerprint density at radius 1 is 1.45 bits per heavy atom. The third-order valence-corrected chi connectivity index (χ3v) is 5.17. The van der Waals surface area contributed by atoms with Gasteiger partial charge in [-0.2, -0.15) is 4.31 Å². The lowest BCUT2D eigenvalue weighted by molar-refractivity contribution is 0.458. The van der Waals surface area contributed by atoms with Crippen LogP contribution in [-0.4, -0.2) is 29.7 Å². The summed E-state index contributed by atoms with van der Waals surface area (Å²) in [6, 6.07) is 2.82. The summed E-state index contributed by atoms with van der Waals surface area (Å²) < 4.78 is 26.1. The molecule has 0 unspecified atom stereocenters. The normalized spacial score (nSPS) is 12.0. The van der Waals surface area contributed by atoms with Gasteiger partial charge in [0.2, 0.25) is 10.0 Å². The van der Waals surface area contributed by atoms with Crippen LogP contribution in [0.2, 0.25) is 5.02 Å². The van der Waals surface area contributed by atoms with Crippen molar-refractivity contribution in [1.82, 2.24) is 14.3 Å². The van der Waals surface area contributed by atoms with E-state index in [-0.39, 0.29) is 11.4 Å². The number of benzene rings is 1. The van der Waals surface area contributed by atoms with Crippen LogP contribution < -0.4 is 5.73 Å². The second kappa shape index (κ2) is 5.43. The summed E-state index contributed by atoms with van der Waals surface area (Å²) in [4.78, 5) is 6.92. The first-order chi connectivity index (χ1) is 9.32. The Kier molecular flexibility index (Phi) is 4.03. The van der Waals surface area contributed by atoms with Crippen molar-refractivity contribution in [1.29, 1.82) is 0 Å². The molecule has 0 aliphatic carbocycles. The zero-order valence-corrected chi connectivity index (χ0v) is 12.7. The van der Waals surface area contributed by atoms with Crippen LogP contribution in [0.3, 0.4) is 0 Å². The fraction of sp³-hybridized carbons (Fsp3) is 0.250. The fourth-order valence-electron chi connectivity index (χ4n) is 1.68. The molecule has 1 aromatic carbocycles. The summed E-state index contributed by atoms with van der Waals surface area (Å²) in [6.45, 7) is 1.88. The number of nitrogen functional groups attached to an aromatic ring is 1. The van der Waals surface area contributed by atoms with Gasteiger partial charge in [0, 0.05) is 30.2 Å². The number of aromatic amines is 1. The van der Waals surface area contributed by atoms with Crippen molar-refractivity contribution in [3.8, 4) is 0 Å². The first kappa shape index (κ1) is 14.8. The standard InChI is InChI=1S/C12H15ClN4O2S/c1-8-10(13)5-9(6-11(8)14)20(18,19)17(2)7-12-15-3-4-16-12/h3-6H,7,14H2,1-2H3,(H,15,16). The highest BCUT2D eigenvalue weighted by Crippen LogP contribution is 2.27. The van der Waals surface area contributed by atoms with Crippen molar-refractivity contribution in [2.45, 2.75) is 18.4 Å². The summed E-state index contributed by atoms with van der Waals surface area (Å²) in [5.74, 6) is 0.558. The molecule has 0 spiro atoms. The van der Waals surface area contributed by atoms with E-state index < -0.39 is 10.0 Å². The van der Waals surface area contributed by atoms with Crippen LogP contribution in [0.15, 0.2) is 29.4 Å². The molecular formula is C12H15ClN4O2S. The lowest BCUT2D eigenvalue weighted by Gasteiger charge is -2.17. The lowest BCUT2D eigenvalue weighted by atomic mass is 10.2. The first-order valence-electron chi connectivity index (χ1n) is 5.82. The molecule has 0 aliphatic heterocycles. The molecule has 0 radical (unpaired) electrons. The maximum absolute atomic E-state index is 12.4. The molecular weight excluding hydrogens is 300 g/mol. The molecule has 20 heavy (non-hydrogen) atoms. The molecule has 1 heterocycles. The number of hydrogen-bond acceptors (Lipinski definition) is 4. The summed E-state index contributed by atoms with van der Waals surface area (Å²) in [5, 5.41) is 0.329. The average Bonchev–Trinajstić information content (AvgIpc) is 2.88. The second-order valence-corrected chi connectivity index (χ2v) is 6.87. The first-order valence-corrected chi connectivity index (χ1v) is 7.64. The van der Waals surface area contributed by atoms with E-state index in [1.54, 1.807) is 19.3 Å². The molecule has 1 aromatic heterocycles. The number of nitrogens with one attached hydrogen (secondary N) is 1. The molecule has 0 saturated heterocycles. The molecule has 2 rings (SSSR count). The molecule has 108 valence electrons. The van der Waals surface area contributed by atoms with Crippen molar-refractivity contribution >= 4 is 27.3 Å². The van der Waals surface area contributed by atoms with Gasteiger partial charge in [-0.15, -0.1) is 0 Å². The van der Waals surface area contributed by atoms with Crippen molar-refractivity contribution in [2.24, 2.45) is 0 Å². The SMILES string of the molecule is Cc1c(N)cc(S(=O)(=O)N(C)Cc2ncc[nH]2)cc1Cl. The van der Waals surface area contributed by atoms with Gasteiger partial charge < -0.3 is 10.7 Å². The topological polar surface area (TPSA) is 92.1 Å². The number of anilines is 1. The molecule has 6 nitrogen and oxygen atoms in total. The van der Waals surface area contributed by atoms with Gasteiger partial charge in [0.15, 0.2) is 0 Å². The number of hydrogen-bond donors (Lipinski definition) is 2. The van der Waals surface area contributed by atoms with E-state index in [0.717, 1.165) is 0 Å². The van der Waals surface area contributed by atoms with Crippen LogP contribution in [0.25, 0.3) is 0 Å². The third-order valence-electron chi connectivity index (χ3n) is 2.99. The predicted molar refractivity (Wildman–Crippen MR) is 77.8 cm³/mol. The van der Waals surface area contributed by atoms with E-state index in [1.807, 2.05) is 0 Å². The Morgan fingerprint density at radius 3 is 2.70 bits per heavy atom. The molecule has 3 N–H and O–H groups in total. The highest BCUT2D eigenvalue weighted by molar-refractivity contribution is 7.89. The fourth-order valence-corrected chi connectivity index (χ4v) is 3.17. The van der Waals surface area contributed by atoms with Crippen LogP contribution in [0.1, 0.15) is 11.4 Å². The van der Waals surface area contributed by atoms with Crippen LogP contribution in [0, 0.1) is 6.92 Å². The van der Waals surface area contributed by atoms with Crippen molar-refractivity contribution < 1.29 is 8.42 Å². The van der Waals surface area contributed by atoms with Crippen LogP contribution in [-0.2, 0) is 16.6 Å². The lowest BCUT2D eigenvalue weighted by Crippen LogP contribution is -2.27. The van der Waals surface area contributed by atoms with Crippen molar-refractivity contribution in [3.05, 3.63) is 40.9 Å². The summed E-state index contributed by atoms with van der Waals surface area (Å²) in [5.41, 5.74) is 6.78. The van der Waals surface area contributed by atoms with Gasteiger partial charge in [0.1, 0.15) is 5.82 Å². The van der Waals surface area contributed by atoms with E-state index >= 15 is 0 Å². The maximum atomic E-state index is 12.4. The summed E-state index contributed by atoms with van der Waals surface area (Å²) in [7, 11) is -2.19. The van der Waals surface area contributed by atoms with Crippen LogP contribution in [0.4, 0.5) is 5.69 Å². The number of nitrogens with two attached hydrogens (primary N) is 1. The highest BCUT2D eigenvalue weighted by atomic mass is 35.5. The number of nitrogens with zero attached hydrogens (tertiary/aromatic N) is 2. The quantitative estimate of drug-likeness (QED) is 0.841. The van der Waals surface area contributed by atoms with E-state index in [4.69, 9.17) is 17.3 Å². The van der Waals surface area contributed by atoms with Crippen LogP contribution in [0.5, 0.6) is 0 Å². The minimum absolute atomic E-state index is 0.0691. The van der Waals surface area contributed by atoms with Gasteiger partial charge in [0.05, 0.1) is 11.4 Å². The van der Waals surface area contributed by atoms with Gasteiger partial charge in [-0.1, -0.05) is 11.6 Å². The van der Waals surface area contributed by atoms with Gasteiger partial charge in [-0.25, -0.2) is 13.4 Å². The molecule has 8 heteroatoms. The summed E-state index contributed by atoms with van der Waals surface area (Å²) in [6.07, 6.45) is 3.20. The number of rotatable bonds is 4. The Balaban J connectivity index is 2.35. The van der Waals surface area contributed by atoms with Crippen molar-refractivity contribution in [2.75, 3.05) is 12.8 Å².